The number of nitrogens with zero attached hydrogens (tertiary/aromatic N) is 2. The van der Waals surface area contributed by atoms with Gasteiger partial charge in [-0.3, -0.25) is 14.7 Å². The molecule has 2 aromatic carbocycles. The third-order valence-electron chi connectivity index (χ3n) is 5.76. The standard InChI is InChI=1S/C23H25N3O4S/c1-3-26-12-11-19-17(14-26)22(16-7-5-6-8-18(16)24-19)23(28)25-20-13-15(9-10-21(20)27)31(29,30)4-2/h5-10,13,27H,3-4,11-12,14H2,1-2H3,(H,25,28). The zero-order valence-electron chi connectivity index (χ0n) is 17.6. The number of carbonyl (C=O) groups is 1. The lowest BCUT2D eigenvalue weighted by molar-refractivity contribution is 0.102. The van der Waals surface area contributed by atoms with Gasteiger partial charge in [0.15, 0.2) is 9.84 Å². The molecule has 31 heavy (non-hydrogen) atoms. The topological polar surface area (TPSA) is 99.6 Å². The van der Waals surface area contributed by atoms with Gasteiger partial charge in [0.2, 0.25) is 0 Å². The molecule has 162 valence electrons. The molecule has 2 N–H and O–H groups in total. The van der Waals surface area contributed by atoms with Crippen LogP contribution in [0.1, 0.15) is 35.5 Å². The first-order chi connectivity index (χ1) is 14.8. The fraction of sp³-hybridized carbons (Fsp3) is 0.304. The molecule has 3 aromatic rings. The molecule has 8 heteroatoms. The van der Waals surface area contributed by atoms with Crippen molar-refractivity contribution in [1.82, 2.24) is 9.88 Å². The summed E-state index contributed by atoms with van der Waals surface area (Å²) in [6.45, 7) is 5.99. The van der Waals surface area contributed by atoms with Crippen molar-refractivity contribution in [2.24, 2.45) is 0 Å². The number of hydrogen-bond acceptors (Lipinski definition) is 6. The fourth-order valence-electron chi connectivity index (χ4n) is 3.94. The van der Waals surface area contributed by atoms with Crippen molar-refractivity contribution in [1.29, 1.82) is 0 Å². The number of amides is 1. The van der Waals surface area contributed by atoms with Crippen molar-refractivity contribution in [3.63, 3.8) is 0 Å². The van der Waals surface area contributed by atoms with E-state index in [9.17, 15) is 18.3 Å². The summed E-state index contributed by atoms with van der Waals surface area (Å²) in [6.07, 6.45) is 0.754. The SMILES string of the molecule is CCN1CCc2nc3ccccc3c(C(=O)Nc3cc(S(=O)(=O)CC)ccc3O)c2C1. The van der Waals surface area contributed by atoms with Gasteiger partial charge < -0.3 is 10.4 Å². The summed E-state index contributed by atoms with van der Waals surface area (Å²) >= 11 is 0. The first kappa shape index (κ1) is 21.3. The Kier molecular flexibility index (Phi) is 5.68. The first-order valence-corrected chi connectivity index (χ1v) is 12.0. The lowest BCUT2D eigenvalue weighted by Crippen LogP contribution is -2.33. The Morgan fingerprint density at radius 3 is 2.71 bits per heavy atom. The molecule has 1 aliphatic heterocycles. The van der Waals surface area contributed by atoms with E-state index in [2.05, 4.69) is 17.1 Å². The van der Waals surface area contributed by atoms with Crippen molar-refractivity contribution >= 4 is 32.3 Å². The number of likely N-dealkylation sites (N-methyl/N-ethyl adjacent to an activating group) is 1. The van der Waals surface area contributed by atoms with Gasteiger partial charge in [-0.2, -0.15) is 0 Å². The summed E-state index contributed by atoms with van der Waals surface area (Å²) in [7, 11) is -3.48. The van der Waals surface area contributed by atoms with E-state index >= 15 is 0 Å². The van der Waals surface area contributed by atoms with Crippen LogP contribution < -0.4 is 5.32 Å². The van der Waals surface area contributed by atoms with Gasteiger partial charge >= 0.3 is 0 Å². The molecule has 1 aromatic heterocycles. The molecule has 0 bridgehead atoms. The maximum Gasteiger partial charge on any atom is 0.256 e. The van der Waals surface area contributed by atoms with E-state index in [0.29, 0.717) is 12.1 Å². The summed E-state index contributed by atoms with van der Waals surface area (Å²) in [5.41, 5.74) is 3.10. The molecule has 0 radical (unpaired) electrons. The molecule has 4 rings (SSSR count). The maximum absolute atomic E-state index is 13.5. The minimum Gasteiger partial charge on any atom is -0.506 e. The minimum absolute atomic E-state index is 0.0573. The number of hydrogen-bond donors (Lipinski definition) is 2. The molecule has 1 amide bonds. The number of phenols is 1. The molecule has 0 saturated heterocycles. The highest BCUT2D eigenvalue weighted by atomic mass is 32.2. The highest BCUT2D eigenvalue weighted by Gasteiger charge is 2.26. The number of sulfone groups is 1. The Morgan fingerprint density at radius 1 is 1.19 bits per heavy atom. The van der Waals surface area contributed by atoms with Gasteiger partial charge in [-0.1, -0.05) is 32.0 Å². The van der Waals surface area contributed by atoms with Crippen LogP contribution in [0.4, 0.5) is 5.69 Å². The van der Waals surface area contributed by atoms with Crippen LogP contribution in [-0.2, 0) is 22.8 Å². The number of rotatable bonds is 5. The van der Waals surface area contributed by atoms with Crippen molar-refractivity contribution in [2.75, 3.05) is 24.2 Å². The number of anilines is 1. The zero-order valence-corrected chi connectivity index (χ0v) is 18.4. The van der Waals surface area contributed by atoms with Crippen LogP contribution in [0.25, 0.3) is 10.9 Å². The number of pyridine rings is 1. The summed E-state index contributed by atoms with van der Waals surface area (Å²) < 4.78 is 24.5. The van der Waals surface area contributed by atoms with Crippen LogP contribution in [0.2, 0.25) is 0 Å². The molecule has 0 unspecified atom stereocenters. The number of benzene rings is 2. The van der Waals surface area contributed by atoms with Crippen LogP contribution >= 0.6 is 0 Å². The maximum atomic E-state index is 13.5. The minimum atomic E-state index is -3.48. The average molecular weight is 440 g/mol. The zero-order chi connectivity index (χ0) is 22.2. The molecule has 0 fully saturated rings. The van der Waals surface area contributed by atoms with Gasteiger partial charge in [0.05, 0.1) is 27.4 Å². The van der Waals surface area contributed by atoms with Crippen LogP contribution in [-0.4, -0.2) is 48.2 Å². The summed E-state index contributed by atoms with van der Waals surface area (Å²) in [5.74, 6) is -0.652. The molecule has 0 atom stereocenters. The predicted octanol–water partition coefficient (Wildman–Crippen LogP) is 3.36. The Morgan fingerprint density at radius 2 is 1.97 bits per heavy atom. The van der Waals surface area contributed by atoms with Gasteiger partial charge in [0.1, 0.15) is 5.75 Å². The highest BCUT2D eigenvalue weighted by molar-refractivity contribution is 7.91. The highest BCUT2D eigenvalue weighted by Crippen LogP contribution is 2.31. The Balaban J connectivity index is 1.81. The molecular formula is C23H25N3O4S. The van der Waals surface area contributed by atoms with E-state index in [1.54, 1.807) is 6.92 Å². The van der Waals surface area contributed by atoms with Crippen LogP contribution in [0.15, 0.2) is 47.4 Å². The van der Waals surface area contributed by atoms with Crippen molar-refractivity contribution in [3.05, 3.63) is 59.3 Å². The van der Waals surface area contributed by atoms with Gasteiger partial charge in [-0.05, 0) is 30.8 Å². The average Bonchev–Trinajstić information content (AvgIpc) is 2.78. The van der Waals surface area contributed by atoms with Crippen molar-refractivity contribution in [3.8, 4) is 5.75 Å². The molecule has 0 saturated carbocycles. The smallest absolute Gasteiger partial charge is 0.256 e. The second-order valence-corrected chi connectivity index (χ2v) is 9.86. The number of aromatic hydroxyl groups is 1. The molecule has 2 heterocycles. The van der Waals surface area contributed by atoms with E-state index in [-0.39, 0.29) is 22.1 Å². The number of fused-ring (bicyclic) bond motifs is 2. The predicted molar refractivity (Wildman–Crippen MR) is 120 cm³/mol. The van der Waals surface area contributed by atoms with E-state index in [0.717, 1.165) is 41.7 Å². The second kappa shape index (κ2) is 8.28. The van der Waals surface area contributed by atoms with Gasteiger partial charge in [0.25, 0.3) is 5.91 Å². The van der Waals surface area contributed by atoms with Crippen molar-refractivity contribution < 1.29 is 18.3 Å². The fourth-order valence-corrected chi connectivity index (χ4v) is 4.84. The van der Waals surface area contributed by atoms with E-state index in [1.807, 2.05) is 24.3 Å². The summed E-state index contributed by atoms with van der Waals surface area (Å²) in [4.78, 5) is 20.5. The molecular weight excluding hydrogens is 414 g/mol. The molecule has 7 nitrogen and oxygen atoms in total. The first-order valence-electron chi connectivity index (χ1n) is 10.3. The number of para-hydroxylation sites is 1. The van der Waals surface area contributed by atoms with Crippen LogP contribution in [0.5, 0.6) is 5.75 Å². The monoisotopic (exact) mass is 439 g/mol. The molecule has 0 aliphatic carbocycles. The van der Waals surface area contributed by atoms with Crippen LogP contribution in [0.3, 0.4) is 0 Å². The van der Waals surface area contributed by atoms with E-state index < -0.39 is 15.7 Å². The lowest BCUT2D eigenvalue weighted by Gasteiger charge is -2.29. The third kappa shape index (κ3) is 4.00. The Labute approximate surface area is 181 Å². The number of carbonyl (C=O) groups excluding carboxylic acids is 1. The quantitative estimate of drug-likeness (QED) is 0.592. The van der Waals surface area contributed by atoms with Gasteiger partial charge in [0, 0.05) is 36.2 Å². The third-order valence-corrected chi connectivity index (χ3v) is 7.49. The second-order valence-electron chi connectivity index (χ2n) is 7.58. The lowest BCUT2D eigenvalue weighted by atomic mass is 9.95. The van der Waals surface area contributed by atoms with Crippen molar-refractivity contribution in [2.45, 2.75) is 31.7 Å². The summed E-state index contributed by atoms with van der Waals surface area (Å²) in [5, 5.41) is 13.7. The van der Waals surface area contributed by atoms with Crippen LogP contribution in [0, 0.1) is 0 Å². The largest absolute Gasteiger partial charge is 0.506 e. The van der Waals surface area contributed by atoms with E-state index in [4.69, 9.17) is 4.98 Å². The molecule has 1 aliphatic rings. The number of phenolic OH excluding ortho intramolecular Hbond substituents is 1. The Bertz CT molecular complexity index is 1270. The number of aromatic nitrogens is 1. The van der Waals surface area contributed by atoms with Gasteiger partial charge in [-0.15, -0.1) is 0 Å². The molecule has 0 spiro atoms. The van der Waals surface area contributed by atoms with E-state index in [1.165, 1.54) is 18.2 Å². The summed E-state index contributed by atoms with van der Waals surface area (Å²) in [6, 6.07) is 11.4. The Hall–Kier alpha value is -2.97. The van der Waals surface area contributed by atoms with Gasteiger partial charge in [-0.25, -0.2) is 8.42 Å². The number of nitrogens with one attached hydrogen (secondary N) is 1. The normalized spacial score (nSPS) is 14.4.